The summed E-state index contributed by atoms with van der Waals surface area (Å²) in [7, 11) is 0. The summed E-state index contributed by atoms with van der Waals surface area (Å²) in [5.41, 5.74) is 1.26. The Morgan fingerprint density at radius 3 is 2.03 bits per heavy atom. The second kappa shape index (κ2) is 17.3. The zero-order valence-electron chi connectivity index (χ0n) is 23.8. The van der Waals surface area contributed by atoms with Crippen LogP contribution in [0.3, 0.4) is 0 Å². The summed E-state index contributed by atoms with van der Waals surface area (Å²) in [6.07, 6.45) is -4.65. The molecule has 0 aliphatic carbocycles. The summed E-state index contributed by atoms with van der Waals surface area (Å²) in [4.78, 5) is 0. The summed E-state index contributed by atoms with van der Waals surface area (Å²) in [5, 5.41) is 70.5. The molecule has 39 heavy (non-hydrogen) atoms. The van der Waals surface area contributed by atoms with E-state index >= 15 is 0 Å². The quantitative estimate of drug-likeness (QED) is 0.103. The number of aliphatic hydroxyl groups excluding tert-OH is 7. The number of rotatable bonds is 16. The minimum atomic E-state index is -1.71. The molecule has 0 amide bonds. The van der Waals surface area contributed by atoms with Crippen LogP contribution in [0.1, 0.15) is 72.6 Å². The molecule has 2 aliphatic rings. The molecule has 0 saturated carbocycles. The highest BCUT2D eigenvalue weighted by atomic mass is 16.7. The Balaban J connectivity index is 1.78. The van der Waals surface area contributed by atoms with E-state index in [1.807, 2.05) is 0 Å². The molecule has 7 N–H and O–H groups in total. The monoisotopic (exact) mass is 564 g/mol. The molecule has 230 valence electrons. The third-order valence-corrected chi connectivity index (χ3v) is 7.60. The molecule has 0 bridgehead atoms. The third kappa shape index (κ3) is 10.6. The van der Waals surface area contributed by atoms with Gasteiger partial charge in [0.05, 0.1) is 19.8 Å². The molecule has 0 spiro atoms. The molecule has 2 heterocycles. The van der Waals surface area contributed by atoms with Crippen LogP contribution in [0, 0.1) is 11.8 Å². The second-order valence-corrected chi connectivity index (χ2v) is 11.5. The lowest BCUT2D eigenvalue weighted by Crippen LogP contribution is -2.64. The molecular formula is C28H52O11. The van der Waals surface area contributed by atoms with Crippen molar-refractivity contribution >= 4 is 0 Å². The lowest BCUT2D eigenvalue weighted by atomic mass is 9.94. The van der Waals surface area contributed by atoms with Crippen molar-refractivity contribution in [3.8, 4) is 0 Å². The Hall–Kier alpha value is -0.700. The number of ether oxygens (including phenoxy) is 4. The topological polar surface area (TPSA) is 179 Å². The SMILES string of the molecule is C/C(=C\CCOC1OC(CO)C(OC2OC(CO)C(O)C(O)C2O)C(O)C1O)CCCC(C)CCCC(C)C. The highest BCUT2D eigenvalue weighted by molar-refractivity contribution is 4.98. The van der Waals surface area contributed by atoms with Crippen LogP contribution in [0.2, 0.25) is 0 Å². The molecule has 11 atom stereocenters. The number of hydrogen-bond donors (Lipinski definition) is 7. The van der Waals surface area contributed by atoms with E-state index in [1.165, 1.54) is 31.3 Å². The number of hydrogen-bond acceptors (Lipinski definition) is 11. The van der Waals surface area contributed by atoms with Gasteiger partial charge in [0.1, 0.15) is 48.8 Å². The van der Waals surface area contributed by atoms with E-state index in [9.17, 15) is 35.7 Å². The molecule has 0 aromatic heterocycles. The van der Waals surface area contributed by atoms with E-state index in [0.29, 0.717) is 6.42 Å². The fourth-order valence-electron chi connectivity index (χ4n) is 5.03. The van der Waals surface area contributed by atoms with E-state index in [0.717, 1.165) is 24.7 Å². The average Bonchev–Trinajstić information content (AvgIpc) is 2.90. The van der Waals surface area contributed by atoms with Gasteiger partial charge in [-0.1, -0.05) is 58.1 Å². The van der Waals surface area contributed by atoms with Gasteiger partial charge in [-0.05, 0) is 38.0 Å². The van der Waals surface area contributed by atoms with Gasteiger partial charge in [0.25, 0.3) is 0 Å². The van der Waals surface area contributed by atoms with Gasteiger partial charge >= 0.3 is 0 Å². The molecule has 0 aromatic carbocycles. The standard InChI is InChI=1S/C28H52O11/c1-16(2)8-5-9-17(3)10-6-11-18(4)12-7-13-36-27-25(35)23(33)26(20(15-30)38-27)39-28-24(34)22(32)21(31)19(14-29)37-28/h12,16-17,19-35H,5-11,13-15H2,1-4H3/b18-12+. The van der Waals surface area contributed by atoms with Gasteiger partial charge in [0.2, 0.25) is 0 Å². The molecule has 2 rings (SSSR count). The predicted octanol–water partition coefficient (Wildman–Crippen LogP) is 0.596. The molecule has 11 nitrogen and oxygen atoms in total. The first-order chi connectivity index (χ1) is 18.5. The van der Waals surface area contributed by atoms with E-state index < -0.39 is 74.6 Å². The first kappa shape index (κ1) is 34.5. The van der Waals surface area contributed by atoms with Crippen LogP contribution in [0.5, 0.6) is 0 Å². The van der Waals surface area contributed by atoms with Crippen LogP contribution in [0.15, 0.2) is 11.6 Å². The summed E-state index contributed by atoms with van der Waals surface area (Å²) in [6, 6.07) is 0. The maximum atomic E-state index is 10.7. The van der Waals surface area contributed by atoms with E-state index in [4.69, 9.17) is 18.9 Å². The average molecular weight is 565 g/mol. The minimum Gasteiger partial charge on any atom is -0.394 e. The van der Waals surface area contributed by atoms with Crippen LogP contribution < -0.4 is 0 Å². The summed E-state index contributed by atoms with van der Waals surface area (Å²) in [6.45, 7) is 7.90. The van der Waals surface area contributed by atoms with Crippen LogP contribution in [-0.2, 0) is 18.9 Å². The molecular weight excluding hydrogens is 512 g/mol. The van der Waals surface area contributed by atoms with Gasteiger partial charge in [-0.3, -0.25) is 0 Å². The first-order valence-electron chi connectivity index (χ1n) is 14.4. The maximum Gasteiger partial charge on any atom is 0.187 e. The van der Waals surface area contributed by atoms with E-state index in [1.54, 1.807) is 0 Å². The predicted molar refractivity (Wildman–Crippen MR) is 142 cm³/mol. The van der Waals surface area contributed by atoms with Crippen molar-refractivity contribution in [3.63, 3.8) is 0 Å². The second-order valence-electron chi connectivity index (χ2n) is 11.5. The third-order valence-electron chi connectivity index (χ3n) is 7.60. The smallest absolute Gasteiger partial charge is 0.187 e. The van der Waals surface area contributed by atoms with Gasteiger partial charge in [-0.15, -0.1) is 0 Å². The first-order valence-corrected chi connectivity index (χ1v) is 14.4. The van der Waals surface area contributed by atoms with Gasteiger partial charge in [0.15, 0.2) is 12.6 Å². The molecule has 11 unspecified atom stereocenters. The lowest BCUT2D eigenvalue weighted by Gasteiger charge is -2.45. The van der Waals surface area contributed by atoms with Gasteiger partial charge in [-0.25, -0.2) is 0 Å². The van der Waals surface area contributed by atoms with Crippen LogP contribution in [0.25, 0.3) is 0 Å². The van der Waals surface area contributed by atoms with Crippen molar-refractivity contribution in [1.29, 1.82) is 0 Å². The number of allylic oxidation sites excluding steroid dienone is 1. The van der Waals surface area contributed by atoms with Crippen LogP contribution in [-0.4, -0.2) is 117 Å². The number of aliphatic hydroxyl groups is 7. The summed E-state index contributed by atoms with van der Waals surface area (Å²) in [5.74, 6) is 1.48. The molecule has 2 aliphatic heterocycles. The van der Waals surface area contributed by atoms with Crippen molar-refractivity contribution in [3.05, 3.63) is 11.6 Å². The van der Waals surface area contributed by atoms with Gasteiger partial charge < -0.3 is 54.7 Å². The van der Waals surface area contributed by atoms with Crippen molar-refractivity contribution in [2.45, 2.75) is 134 Å². The Kier molecular flexibility index (Phi) is 15.3. The maximum absolute atomic E-state index is 10.7. The highest BCUT2D eigenvalue weighted by Gasteiger charge is 2.50. The zero-order valence-corrected chi connectivity index (χ0v) is 23.8. The Labute approximate surface area is 232 Å². The van der Waals surface area contributed by atoms with Crippen LogP contribution >= 0.6 is 0 Å². The fraction of sp³-hybridized carbons (Fsp3) is 0.929. The fourth-order valence-corrected chi connectivity index (χ4v) is 5.03. The Bertz CT molecular complexity index is 701. The van der Waals surface area contributed by atoms with Crippen molar-refractivity contribution in [2.75, 3.05) is 19.8 Å². The molecule has 2 fully saturated rings. The Morgan fingerprint density at radius 2 is 1.38 bits per heavy atom. The van der Waals surface area contributed by atoms with Gasteiger partial charge in [-0.2, -0.15) is 0 Å². The normalized spacial score (nSPS) is 36.9. The minimum absolute atomic E-state index is 0.230. The van der Waals surface area contributed by atoms with Crippen LogP contribution in [0.4, 0.5) is 0 Å². The molecule has 0 radical (unpaired) electrons. The highest BCUT2D eigenvalue weighted by Crippen LogP contribution is 2.29. The van der Waals surface area contributed by atoms with Crippen molar-refractivity contribution in [2.24, 2.45) is 11.8 Å². The largest absolute Gasteiger partial charge is 0.394 e. The van der Waals surface area contributed by atoms with E-state index in [2.05, 4.69) is 33.8 Å². The zero-order chi connectivity index (χ0) is 29.1. The molecule has 2 saturated heterocycles. The lowest BCUT2D eigenvalue weighted by molar-refractivity contribution is -0.359. The molecule has 0 aromatic rings. The Morgan fingerprint density at radius 1 is 0.769 bits per heavy atom. The molecule has 11 heteroatoms. The van der Waals surface area contributed by atoms with Crippen molar-refractivity contribution in [1.82, 2.24) is 0 Å². The summed E-state index contributed by atoms with van der Waals surface area (Å²) < 4.78 is 22.1. The summed E-state index contributed by atoms with van der Waals surface area (Å²) >= 11 is 0. The van der Waals surface area contributed by atoms with E-state index in [-0.39, 0.29) is 6.61 Å². The van der Waals surface area contributed by atoms with Gasteiger partial charge in [0, 0.05) is 0 Å². The van der Waals surface area contributed by atoms with Crippen molar-refractivity contribution < 1.29 is 54.7 Å².